The normalized spacial score (nSPS) is 14.2. The minimum absolute atomic E-state index is 0.0512. The average molecular weight is 377 g/mol. The van der Waals surface area contributed by atoms with E-state index < -0.39 is 11.7 Å². The molecule has 0 unspecified atom stereocenters. The molecule has 0 N–H and O–H groups in total. The van der Waals surface area contributed by atoms with Gasteiger partial charge in [0.05, 0.1) is 5.56 Å². The van der Waals surface area contributed by atoms with E-state index in [1.807, 2.05) is 18.2 Å². The number of amides is 2. The van der Waals surface area contributed by atoms with Crippen molar-refractivity contribution >= 4 is 23.4 Å². The Morgan fingerprint density at radius 2 is 1.65 bits per heavy atom. The van der Waals surface area contributed by atoms with Gasteiger partial charge in [-0.2, -0.15) is 0 Å². The lowest BCUT2D eigenvalue weighted by Crippen LogP contribution is -2.51. The van der Waals surface area contributed by atoms with Crippen LogP contribution in [0.2, 0.25) is 5.02 Å². The maximum absolute atomic E-state index is 13.9. The molecular formula is C19H18ClFN2O3. The monoisotopic (exact) mass is 376 g/mol. The van der Waals surface area contributed by atoms with Gasteiger partial charge in [0.1, 0.15) is 11.6 Å². The van der Waals surface area contributed by atoms with Crippen molar-refractivity contribution in [2.24, 2.45) is 0 Å². The molecule has 136 valence electrons. The number of piperazine rings is 1. The van der Waals surface area contributed by atoms with Crippen LogP contribution >= 0.6 is 11.6 Å². The van der Waals surface area contributed by atoms with E-state index in [1.54, 1.807) is 17.0 Å². The van der Waals surface area contributed by atoms with Crippen molar-refractivity contribution in [2.45, 2.75) is 0 Å². The lowest BCUT2D eigenvalue weighted by molar-refractivity contribution is -0.134. The summed E-state index contributed by atoms with van der Waals surface area (Å²) in [5.41, 5.74) is -0.0512. The summed E-state index contributed by atoms with van der Waals surface area (Å²) in [5.74, 6) is -0.534. The first-order valence-corrected chi connectivity index (χ1v) is 8.62. The second-order valence-electron chi connectivity index (χ2n) is 5.90. The fourth-order valence-corrected chi connectivity index (χ4v) is 2.92. The van der Waals surface area contributed by atoms with E-state index >= 15 is 0 Å². The molecule has 0 atom stereocenters. The van der Waals surface area contributed by atoms with E-state index in [2.05, 4.69) is 0 Å². The minimum Gasteiger partial charge on any atom is -0.484 e. The summed E-state index contributed by atoms with van der Waals surface area (Å²) in [6, 6.07) is 13.0. The van der Waals surface area contributed by atoms with Crippen LogP contribution in [-0.2, 0) is 4.79 Å². The summed E-state index contributed by atoms with van der Waals surface area (Å²) < 4.78 is 19.3. The number of rotatable bonds is 4. The SMILES string of the molecule is O=C(COc1ccccc1)N1CCN(C(=O)c2cc(Cl)ccc2F)CC1. The summed E-state index contributed by atoms with van der Waals surface area (Å²) in [4.78, 5) is 27.9. The van der Waals surface area contributed by atoms with E-state index in [1.165, 1.54) is 23.1 Å². The number of carbonyl (C=O) groups excluding carboxylic acids is 2. The maximum atomic E-state index is 13.9. The van der Waals surface area contributed by atoms with E-state index in [-0.39, 0.29) is 18.1 Å². The lowest BCUT2D eigenvalue weighted by Gasteiger charge is -2.34. The molecular weight excluding hydrogens is 359 g/mol. The molecule has 7 heteroatoms. The molecule has 0 saturated carbocycles. The number of benzene rings is 2. The Hall–Kier alpha value is -2.60. The van der Waals surface area contributed by atoms with Crippen molar-refractivity contribution in [2.75, 3.05) is 32.8 Å². The maximum Gasteiger partial charge on any atom is 0.260 e. The van der Waals surface area contributed by atoms with Crippen molar-refractivity contribution in [1.82, 2.24) is 9.80 Å². The molecule has 3 rings (SSSR count). The highest BCUT2D eigenvalue weighted by molar-refractivity contribution is 6.31. The van der Waals surface area contributed by atoms with Gasteiger partial charge in [-0.05, 0) is 30.3 Å². The topological polar surface area (TPSA) is 49.9 Å². The first kappa shape index (κ1) is 18.2. The van der Waals surface area contributed by atoms with Crippen LogP contribution in [0.1, 0.15) is 10.4 Å². The summed E-state index contributed by atoms with van der Waals surface area (Å²) in [5, 5.41) is 0.307. The molecule has 2 aromatic rings. The Bertz CT molecular complexity index is 793. The summed E-state index contributed by atoms with van der Waals surface area (Å²) in [6.07, 6.45) is 0. The predicted octanol–water partition coefficient (Wildman–Crippen LogP) is 2.84. The number of carbonyl (C=O) groups is 2. The molecule has 1 aliphatic rings. The first-order chi connectivity index (χ1) is 12.5. The van der Waals surface area contributed by atoms with Gasteiger partial charge < -0.3 is 14.5 Å². The van der Waals surface area contributed by atoms with Crippen LogP contribution < -0.4 is 4.74 Å². The van der Waals surface area contributed by atoms with E-state index in [0.717, 1.165) is 0 Å². The van der Waals surface area contributed by atoms with Gasteiger partial charge in [0.25, 0.3) is 11.8 Å². The quantitative estimate of drug-likeness (QED) is 0.824. The molecule has 0 aliphatic carbocycles. The summed E-state index contributed by atoms with van der Waals surface area (Å²) >= 11 is 5.85. The molecule has 1 aliphatic heterocycles. The zero-order chi connectivity index (χ0) is 18.5. The van der Waals surface area contributed by atoms with Gasteiger partial charge in [0.15, 0.2) is 6.61 Å². The molecule has 0 spiro atoms. The fourth-order valence-electron chi connectivity index (χ4n) is 2.74. The van der Waals surface area contributed by atoms with Crippen LogP contribution in [-0.4, -0.2) is 54.4 Å². The van der Waals surface area contributed by atoms with Gasteiger partial charge in [-0.1, -0.05) is 29.8 Å². The molecule has 5 nitrogen and oxygen atoms in total. The Morgan fingerprint density at radius 3 is 2.35 bits per heavy atom. The third-order valence-corrected chi connectivity index (χ3v) is 4.42. The summed E-state index contributed by atoms with van der Waals surface area (Å²) in [7, 11) is 0. The Balaban J connectivity index is 1.53. The molecule has 26 heavy (non-hydrogen) atoms. The van der Waals surface area contributed by atoms with Crippen molar-refractivity contribution < 1.29 is 18.7 Å². The van der Waals surface area contributed by atoms with Gasteiger partial charge in [-0.25, -0.2) is 4.39 Å². The van der Waals surface area contributed by atoms with Crippen LogP contribution in [0.15, 0.2) is 48.5 Å². The standard InChI is InChI=1S/C19H18ClFN2O3/c20-14-6-7-17(21)16(12-14)19(25)23-10-8-22(9-11-23)18(24)13-26-15-4-2-1-3-5-15/h1-7,12H,8-11,13H2. The largest absolute Gasteiger partial charge is 0.484 e. The lowest BCUT2D eigenvalue weighted by atomic mass is 10.1. The Morgan fingerprint density at radius 1 is 1.00 bits per heavy atom. The molecule has 0 bridgehead atoms. The van der Waals surface area contributed by atoms with Crippen molar-refractivity contribution in [3.63, 3.8) is 0 Å². The van der Waals surface area contributed by atoms with Gasteiger partial charge in [-0.15, -0.1) is 0 Å². The number of nitrogens with zero attached hydrogens (tertiary/aromatic N) is 2. The smallest absolute Gasteiger partial charge is 0.260 e. The molecule has 2 aromatic carbocycles. The zero-order valence-electron chi connectivity index (χ0n) is 14.0. The van der Waals surface area contributed by atoms with Crippen LogP contribution in [0, 0.1) is 5.82 Å². The number of hydrogen-bond acceptors (Lipinski definition) is 3. The molecule has 1 heterocycles. The van der Waals surface area contributed by atoms with E-state index in [0.29, 0.717) is 37.0 Å². The molecule has 2 amide bonds. The zero-order valence-corrected chi connectivity index (χ0v) is 14.8. The molecule has 0 aromatic heterocycles. The Labute approximate surface area is 155 Å². The van der Waals surface area contributed by atoms with E-state index in [9.17, 15) is 14.0 Å². The third-order valence-electron chi connectivity index (χ3n) is 4.18. The van der Waals surface area contributed by atoms with Crippen LogP contribution in [0.4, 0.5) is 4.39 Å². The van der Waals surface area contributed by atoms with Crippen LogP contribution in [0.25, 0.3) is 0 Å². The number of para-hydroxylation sites is 1. The second-order valence-corrected chi connectivity index (χ2v) is 6.34. The van der Waals surface area contributed by atoms with Gasteiger partial charge in [0.2, 0.25) is 0 Å². The number of hydrogen-bond donors (Lipinski definition) is 0. The average Bonchev–Trinajstić information content (AvgIpc) is 2.68. The van der Waals surface area contributed by atoms with Gasteiger partial charge >= 0.3 is 0 Å². The van der Waals surface area contributed by atoms with Crippen LogP contribution in [0.5, 0.6) is 5.75 Å². The van der Waals surface area contributed by atoms with Gasteiger partial charge in [-0.3, -0.25) is 9.59 Å². The van der Waals surface area contributed by atoms with Crippen LogP contribution in [0.3, 0.4) is 0 Å². The second kappa shape index (κ2) is 8.19. The Kier molecular flexibility index (Phi) is 5.73. The first-order valence-electron chi connectivity index (χ1n) is 8.24. The predicted molar refractivity (Wildman–Crippen MR) is 95.8 cm³/mol. The minimum atomic E-state index is -0.603. The van der Waals surface area contributed by atoms with E-state index in [4.69, 9.17) is 16.3 Å². The molecule has 0 radical (unpaired) electrons. The summed E-state index contributed by atoms with van der Waals surface area (Å²) in [6.45, 7) is 1.38. The highest BCUT2D eigenvalue weighted by Crippen LogP contribution is 2.18. The highest BCUT2D eigenvalue weighted by atomic mass is 35.5. The fraction of sp³-hybridized carbons (Fsp3) is 0.263. The highest BCUT2D eigenvalue weighted by Gasteiger charge is 2.26. The van der Waals surface area contributed by atoms with Crippen molar-refractivity contribution in [3.05, 3.63) is 64.9 Å². The van der Waals surface area contributed by atoms with Crippen molar-refractivity contribution in [3.8, 4) is 5.75 Å². The third kappa shape index (κ3) is 4.32. The molecule has 1 fully saturated rings. The number of ether oxygens (including phenoxy) is 1. The molecule has 1 saturated heterocycles. The van der Waals surface area contributed by atoms with Gasteiger partial charge in [0, 0.05) is 31.2 Å². The number of halogens is 2. The van der Waals surface area contributed by atoms with Crippen molar-refractivity contribution in [1.29, 1.82) is 0 Å².